The fourth-order valence-corrected chi connectivity index (χ4v) is 2.93. The summed E-state index contributed by atoms with van der Waals surface area (Å²) in [6.07, 6.45) is 17.3. The van der Waals surface area contributed by atoms with Crippen molar-refractivity contribution in [2.45, 2.75) is 103 Å². The van der Waals surface area contributed by atoms with E-state index in [1.54, 1.807) is 0 Å². The molecule has 1 amide bonds. The third-order valence-corrected chi connectivity index (χ3v) is 4.36. The van der Waals surface area contributed by atoms with E-state index in [0.29, 0.717) is 0 Å². The molecule has 0 saturated heterocycles. The van der Waals surface area contributed by atoms with E-state index in [0.717, 1.165) is 19.3 Å². The monoisotopic (exact) mass is 339 g/mol. The summed E-state index contributed by atoms with van der Waals surface area (Å²) in [5.74, 6) is -1.16. The van der Waals surface area contributed by atoms with E-state index in [-0.39, 0.29) is 18.4 Å². The van der Waals surface area contributed by atoms with Crippen molar-refractivity contribution in [3.05, 3.63) is 12.7 Å². The number of rotatable bonds is 17. The van der Waals surface area contributed by atoms with Crippen LogP contribution in [0.25, 0.3) is 0 Å². The number of unbranched alkanes of at least 4 members (excludes halogenated alkanes) is 11. The van der Waals surface area contributed by atoms with Gasteiger partial charge in [-0.15, -0.1) is 0 Å². The number of nitrogens with one attached hydrogen (secondary N) is 1. The van der Waals surface area contributed by atoms with Crippen molar-refractivity contribution >= 4 is 11.9 Å². The molecule has 0 aliphatic carbocycles. The molecule has 1 unspecified atom stereocenters. The van der Waals surface area contributed by atoms with Gasteiger partial charge in [-0.05, 0) is 12.5 Å². The zero-order valence-electron chi connectivity index (χ0n) is 15.5. The zero-order chi connectivity index (χ0) is 18.0. The summed E-state index contributed by atoms with van der Waals surface area (Å²) >= 11 is 0. The van der Waals surface area contributed by atoms with Gasteiger partial charge in [0.1, 0.15) is 0 Å². The van der Waals surface area contributed by atoms with Crippen molar-refractivity contribution < 1.29 is 14.7 Å². The van der Waals surface area contributed by atoms with Crippen LogP contribution in [0.1, 0.15) is 96.8 Å². The van der Waals surface area contributed by atoms with E-state index in [1.165, 1.54) is 70.3 Å². The molecule has 4 heteroatoms. The normalized spacial score (nSPS) is 11.9. The average Bonchev–Trinajstić information content (AvgIpc) is 2.55. The first-order valence-electron chi connectivity index (χ1n) is 9.74. The molecule has 140 valence electrons. The number of carboxylic acids is 1. The van der Waals surface area contributed by atoms with Crippen LogP contribution in [-0.4, -0.2) is 23.0 Å². The van der Waals surface area contributed by atoms with Crippen LogP contribution in [0, 0.1) is 0 Å². The van der Waals surface area contributed by atoms with Crippen LogP contribution in [0.15, 0.2) is 12.7 Å². The Kier molecular flexibility index (Phi) is 15.6. The van der Waals surface area contributed by atoms with Gasteiger partial charge < -0.3 is 10.4 Å². The second-order valence-electron chi connectivity index (χ2n) is 6.69. The maximum Gasteiger partial charge on any atom is 0.305 e. The topological polar surface area (TPSA) is 66.4 Å². The lowest BCUT2D eigenvalue weighted by Crippen LogP contribution is -2.35. The minimum atomic E-state index is -0.872. The summed E-state index contributed by atoms with van der Waals surface area (Å²) in [7, 11) is 0. The highest BCUT2D eigenvalue weighted by Crippen LogP contribution is 2.13. The molecular weight excluding hydrogens is 302 g/mol. The molecule has 0 fully saturated rings. The van der Waals surface area contributed by atoms with Crippen LogP contribution in [0.4, 0.5) is 0 Å². The van der Waals surface area contributed by atoms with Gasteiger partial charge in [0.25, 0.3) is 0 Å². The standard InChI is InChI=1S/C20H37NO3/c1-3-5-6-7-8-9-10-11-12-13-14-15-16-18(17-20(23)24)21-19(22)4-2/h4,18H,2-3,5-17H2,1H3,(H,21,22)(H,23,24). The molecule has 0 rings (SSSR count). The SMILES string of the molecule is C=CC(=O)NC(CCCCCCCCCCCCCC)CC(=O)O. The molecule has 0 bridgehead atoms. The van der Waals surface area contributed by atoms with Crippen molar-refractivity contribution in [1.82, 2.24) is 5.32 Å². The Morgan fingerprint density at radius 3 is 1.79 bits per heavy atom. The third-order valence-electron chi connectivity index (χ3n) is 4.36. The fourth-order valence-electron chi connectivity index (χ4n) is 2.93. The first-order valence-corrected chi connectivity index (χ1v) is 9.74. The Balaban J connectivity index is 3.52. The van der Waals surface area contributed by atoms with Gasteiger partial charge in [0.2, 0.25) is 5.91 Å². The third kappa shape index (κ3) is 15.6. The van der Waals surface area contributed by atoms with Crippen LogP contribution >= 0.6 is 0 Å². The predicted octanol–water partition coefficient (Wildman–Crippen LogP) is 5.22. The molecule has 0 aromatic carbocycles. The quantitative estimate of drug-likeness (QED) is 0.282. The molecule has 0 aromatic heterocycles. The van der Waals surface area contributed by atoms with Crippen LogP contribution in [0.2, 0.25) is 0 Å². The number of aliphatic carboxylic acids is 1. The van der Waals surface area contributed by atoms with Gasteiger partial charge in [-0.3, -0.25) is 9.59 Å². The lowest BCUT2D eigenvalue weighted by molar-refractivity contribution is -0.137. The first-order chi connectivity index (χ1) is 11.6. The van der Waals surface area contributed by atoms with Crippen molar-refractivity contribution in [3.63, 3.8) is 0 Å². The van der Waals surface area contributed by atoms with Crippen LogP contribution < -0.4 is 5.32 Å². The van der Waals surface area contributed by atoms with Gasteiger partial charge in [-0.1, -0.05) is 90.6 Å². The lowest BCUT2D eigenvalue weighted by atomic mass is 10.0. The minimum absolute atomic E-state index is 0.0163. The molecule has 24 heavy (non-hydrogen) atoms. The Bertz CT molecular complexity index is 342. The molecule has 4 nitrogen and oxygen atoms in total. The van der Waals surface area contributed by atoms with E-state index in [4.69, 9.17) is 5.11 Å². The highest BCUT2D eigenvalue weighted by atomic mass is 16.4. The second kappa shape index (κ2) is 16.5. The molecule has 0 heterocycles. The smallest absolute Gasteiger partial charge is 0.305 e. The van der Waals surface area contributed by atoms with Crippen molar-refractivity contribution in [2.24, 2.45) is 0 Å². The van der Waals surface area contributed by atoms with E-state index in [2.05, 4.69) is 18.8 Å². The number of carboxylic acid groups (broad SMARTS) is 1. The van der Waals surface area contributed by atoms with Crippen LogP contribution in [0.3, 0.4) is 0 Å². The Labute approximate surface area is 148 Å². The zero-order valence-corrected chi connectivity index (χ0v) is 15.5. The number of carbonyl (C=O) groups excluding carboxylic acids is 1. The Morgan fingerprint density at radius 1 is 0.917 bits per heavy atom. The van der Waals surface area contributed by atoms with E-state index in [9.17, 15) is 9.59 Å². The summed E-state index contributed by atoms with van der Waals surface area (Å²) in [6, 6.07) is -0.281. The Hall–Kier alpha value is -1.32. The summed E-state index contributed by atoms with van der Waals surface area (Å²) in [5, 5.41) is 11.6. The van der Waals surface area contributed by atoms with Gasteiger partial charge in [0, 0.05) is 6.04 Å². The highest BCUT2D eigenvalue weighted by Gasteiger charge is 2.14. The van der Waals surface area contributed by atoms with E-state index >= 15 is 0 Å². The molecule has 2 N–H and O–H groups in total. The first kappa shape index (κ1) is 22.7. The number of amides is 1. The fraction of sp³-hybridized carbons (Fsp3) is 0.800. The molecule has 0 radical (unpaired) electrons. The maximum absolute atomic E-state index is 11.3. The molecule has 0 aliphatic heterocycles. The predicted molar refractivity (Wildman–Crippen MR) is 100 cm³/mol. The van der Waals surface area contributed by atoms with Crippen LogP contribution in [-0.2, 0) is 9.59 Å². The summed E-state index contributed by atoms with van der Waals surface area (Å²) in [5.41, 5.74) is 0. The minimum Gasteiger partial charge on any atom is -0.481 e. The van der Waals surface area contributed by atoms with Gasteiger partial charge in [-0.2, -0.15) is 0 Å². The Morgan fingerprint density at radius 2 is 1.38 bits per heavy atom. The summed E-state index contributed by atoms with van der Waals surface area (Å²) in [6.45, 7) is 5.65. The number of carbonyl (C=O) groups is 2. The van der Waals surface area contributed by atoms with Gasteiger partial charge in [-0.25, -0.2) is 0 Å². The maximum atomic E-state index is 11.3. The number of hydrogen-bond acceptors (Lipinski definition) is 2. The number of hydrogen-bond donors (Lipinski definition) is 2. The highest BCUT2D eigenvalue weighted by molar-refractivity contribution is 5.87. The van der Waals surface area contributed by atoms with Crippen molar-refractivity contribution in [1.29, 1.82) is 0 Å². The van der Waals surface area contributed by atoms with Gasteiger partial charge >= 0.3 is 5.97 Å². The molecule has 0 spiro atoms. The lowest BCUT2D eigenvalue weighted by Gasteiger charge is -2.15. The average molecular weight is 340 g/mol. The molecular formula is C20H37NO3. The second-order valence-corrected chi connectivity index (χ2v) is 6.69. The summed E-state index contributed by atoms with van der Waals surface area (Å²) < 4.78 is 0. The molecule has 1 atom stereocenters. The van der Waals surface area contributed by atoms with Crippen molar-refractivity contribution in [2.75, 3.05) is 0 Å². The molecule has 0 saturated carbocycles. The van der Waals surface area contributed by atoms with E-state index < -0.39 is 5.97 Å². The largest absolute Gasteiger partial charge is 0.481 e. The van der Waals surface area contributed by atoms with Gasteiger partial charge in [0.05, 0.1) is 6.42 Å². The molecule has 0 aromatic rings. The van der Waals surface area contributed by atoms with Crippen LogP contribution in [0.5, 0.6) is 0 Å². The summed E-state index contributed by atoms with van der Waals surface area (Å²) in [4.78, 5) is 22.1. The van der Waals surface area contributed by atoms with Gasteiger partial charge in [0.15, 0.2) is 0 Å². The molecule has 0 aliphatic rings. The van der Waals surface area contributed by atoms with Crippen molar-refractivity contribution in [3.8, 4) is 0 Å². The van der Waals surface area contributed by atoms with E-state index in [1.807, 2.05) is 0 Å².